The summed E-state index contributed by atoms with van der Waals surface area (Å²) >= 11 is 0. The standard InChI is InChI=1S/C44H31NO/c1-44(2)37-23-21-32(25-36(37)34-22-24-41-42(43(34)44)35-15-9-10-16-40(35)46-41)29-17-19-31(20-18-29)39-27-33(28-11-5-3-6-12-28)26-38(45-39)30-13-7-4-8-14-30/h3-27H,1-2H3. The first-order valence-electron chi connectivity index (χ1n) is 15.9. The predicted molar refractivity (Wildman–Crippen MR) is 191 cm³/mol. The average Bonchev–Trinajstić information content (AvgIpc) is 3.60. The Labute approximate surface area is 268 Å². The van der Waals surface area contributed by atoms with Crippen LogP contribution >= 0.6 is 0 Å². The molecule has 9 rings (SSSR count). The second-order valence-corrected chi connectivity index (χ2v) is 12.8. The minimum Gasteiger partial charge on any atom is -0.456 e. The van der Waals surface area contributed by atoms with Crippen molar-refractivity contribution in [3.8, 4) is 55.9 Å². The van der Waals surface area contributed by atoms with Gasteiger partial charge in [-0.2, -0.15) is 0 Å². The van der Waals surface area contributed by atoms with Crippen LogP contribution in [0.25, 0.3) is 77.8 Å². The maximum absolute atomic E-state index is 6.27. The lowest BCUT2D eigenvalue weighted by Crippen LogP contribution is -2.15. The minimum absolute atomic E-state index is 0.134. The van der Waals surface area contributed by atoms with Crippen molar-refractivity contribution in [2.24, 2.45) is 0 Å². The van der Waals surface area contributed by atoms with Crippen LogP contribution in [-0.4, -0.2) is 4.98 Å². The van der Waals surface area contributed by atoms with Crippen LogP contribution in [0.3, 0.4) is 0 Å². The lowest BCUT2D eigenvalue weighted by molar-refractivity contribution is 0.657. The van der Waals surface area contributed by atoms with Gasteiger partial charge in [-0.25, -0.2) is 4.98 Å². The molecule has 2 heteroatoms. The first-order chi connectivity index (χ1) is 22.5. The zero-order valence-corrected chi connectivity index (χ0v) is 25.8. The van der Waals surface area contributed by atoms with Crippen molar-refractivity contribution >= 4 is 21.9 Å². The second-order valence-electron chi connectivity index (χ2n) is 12.8. The van der Waals surface area contributed by atoms with Crippen molar-refractivity contribution in [3.05, 3.63) is 163 Å². The van der Waals surface area contributed by atoms with E-state index in [1.165, 1.54) is 49.7 Å². The highest BCUT2D eigenvalue weighted by Gasteiger charge is 2.38. The van der Waals surface area contributed by atoms with Gasteiger partial charge in [0.05, 0.1) is 11.4 Å². The van der Waals surface area contributed by atoms with Crippen molar-refractivity contribution in [1.29, 1.82) is 0 Å². The van der Waals surface area contributed by atoms with Crippen molar-refractivity contribution in [2.45, 2.75) is 19.3 Å². The van der Waals surface area contributed by atoms with Crippen molar-refractivity contribution in [2.75, 3.05) is 0 Å². The van der Waals surface area contributed by atoms with E-state index in [2.05, 4.69) is 153 Å². The summed E-state index contributed by atoms with van der Waals surface area (Å²) in [6.45, 7) is 4.68. The van der Waals surface area contributed by atoms with Gasteiger partial charge in [-0.15, -0.1) is 0 Å². The molecule has 0 spiro atoms. The van der Waals surface area contributed by atoms with Gasteiger partial charge in [0, 0.05) is 27.3 Å². The number of furan rings is 1. The third kappa shape index (κ3) is 4.14. The van der Waals surface area contributed by atoms with E-state index in [0.717, 1.165) is 39.2 Å². The molecule has 46 heavy (non-hydrogen) atoms. The summed E-state index contributed by atoms with van der Waals surface area (Å²) in [6.07, 6.45) is 0. The maximum atomic E-state index is 6.27. The van der Waals surface area contributed by atoms with E-state index in [1.807, 2.05) is 12.1 Å². The number of nitrogens with zero attached hydrogens (tertiary/aromatic N) is 1. The Bertz CT molecular complexity index is 2360. The van der Waals surface area contributed by atoms with E-state index in [9.17, 15) is 0 Å². The molecule has 0 fully saturated rings. The topological polar surface area (TPSA) is 26.0 Å². The van der Waals surface area contributed by atoms with Gasteiger partial charge in [0.25, 0.3) is 0 Å². The molecule has 8 aromatic rings. The molecule has 0 radical (unpaired) electrons. The largest absolute Gasteiger partial charge is 0.456 e. The quantitative estimate of drug-likeness (QED) is 0.204. The minimum atomic E-state index is -0.134. The Morgan fingerprint density at radius 3 is 1.78 bits per heavy atom. The fraction of sp³-hybridized carbons (Fsp3) is 0.0682. The average molecular weight is 590 g/mol. The molecular weight excluding hydrogens is 558 g/mol. The highest BCUT2D eigenvalue weighted by molar-refractivity contribution is 6.11. The zero-order chi connectivity index (χ0) is 30.8. The van der Waals surface area contributed by atoms with E-state index < -0.39 is 0 Å². The van der Waals surface area contributed by atoms with Crippen LogP contribution in [0.1, 0.15) is 25.0 Å². The first-order valence-corrected chi connectivity index (χ1v) is 15.9. The number of hydrogen-bond acceptors (Lipinski definition) is 2. The molecule has 1 aliphatic carbocycles. The maximum Gasteiger partial charge on any atom is 0.135 e. The van der Waals surface area contributed by atoms with Gasteiger partial charge in [0.2, 0.25) is 0 Å². The zero-order valence-electron chi connectivity index (χ0n) is 25.8. The number of hydrogen-bond donors (Lipinski definition) is 0. The van der Waals surface area contributed by atoms with E-state index in [1.54, 1.807) is 0 Å². The molecule has 0 bridgehead atoms. The molecule has 6 aromatic carbocycles. The van der Waals surface area contributed by atoms with Gasteiger partial charge < -0.3 is 4.42 Å². The number of para-hydroxylation sites is 1. The van der Waals surface area contributed by atoms with Gasteiger partial charge in [0.1, 0.15) is 11.2 Å². The van der Waals surface area contributed by atoms with Gasteiger partial charge in [-0.3, -0.25) is 0 Å². The Kier molecular flexibility index (Phi) is 5.88. The number of aromatic nitrogens is 1. The number of benzene rings is 6. The van der Waals surface area contributed by atoms with Gasteiger partial charge in [0.15, 0.2) is 0 Å². The predicted octanol–water partition coefficient (Wildman–Crippen LogP) is 12.0. The summed E-state index contributed by atoms with van der Waals surface area (Å²) < 4.78 is 6.27. The van der Waals surface area contributed by atoms with E-state index >= 15 is 0 Å². The lowest BCUT2D eigenvalue weighted by Gasteiger charge is -2.22. The smallest absolute Gasteiger partial charge is 0.135 e. The van der Waals surface area contributed by atoms with Crippen LogP contribution in [-0.2, 0) is 5.41 Å². The number of pyridine rings is 1. The van der Waals surface area contributed by atoms with Crippen LogP contribution in [0.4, 0.5) is 0 Å². The van der Waals surface area contributed by atoms with Crippen molar-refractivity contribution in [3.63, 3.8) is 0 Å². The molecule has 2 aromatic heterocycles. The van der Waals surface area contributed by atoms with Gasteiger partial charge >= 0.3 is 0 Å². The monoisotopic (exact) mass is 589 g/mol. The fourth-order valence-electron chi connectivity index (χ4n) is 7.38. The van der Waals surface area contributed by atoms with Crippen LogP contribution in [0, 0.1) is 0 Å². The summed E-state index contributed by atoms with van der Waals surface area (Å²) in [5.74, 6) is 0. The highest BCUT2D eigenvalue weighted by Crippen LogP contribution is 2.53. The van der Waals surface area contributed by atoms with Crippen LogP contribution in [0.5, 0.6) is 0 Å². The lowest BCUT2D eigenvalue weighted by atomic mass is 9.80. The van der Waals surface area contributed by atoms with E-state index in [4.69, 9.17) is 9.40 Å². The van der Waals surface area contributed by atoms with Crippen molar-refractivity contribution < 1.29 is 4.42 Å². The molecule has 0 unspecified atom stereocenters. The number of rotatable bonds is 4. The van der Waals surface area contributed by atoms with Crippen LogP contribution in [0.2, 0.25) is 0 Å². The molecule has 0 aliphatic heterocycles. The first kappa shape index (κ1) is 26.7. The Balaban J connectivity index is 1.12. The van der Waals surface area contributed by atoms with Crippen molar-refractivity contribution in [1.82, 2.24) is 4.98 Å². The Morgan fingerprint density at radius 2 is 1.04 bits per heavy atom. The molecule has 218 valence electrons. The summed E-state index contributed by atoms with van der Waals surface area (Å²) in [7, 11) is 0. The molecule has 0 saturated carbocycles. The molecule has 2 heterocycles. The van der Waals surface area contributed by atoms with Gasteiger partial charge in [-0.05, 0) is 74.8 Å². The van der Waals surface area contributed by atoms with E-state index in [0.29, 0.717) is 0 Å². The third-order valence-electron chi connectivity index (χ3n) is 9.67. The van der Waals surface area contributed by atoms with E-state index in [-0.39, 0.29) is 5.41 Å². The second kappa shape index (κ2) is 10.2. The fourth-order valence-corrected chi connectivity index (χ4v) is 7.38. The molecule has 0 atom stereocenters. The SMILES string of the molecule is CC1(C)c2ccc(-c3ccc(-c4cc(-c5ccccc5)cc(-c5ccccc5)n4)cc3)cc2-c2ccc3oc4ccccc4c3c21. The molecule has 1 aliphatic rings. The Morgan fingerprint density at radius 1 is 0.457 bits per heavy atom. The molecular formula is C44H31NO. The summed E-state index contributed by atoms with van der Waals surface area (Å²) in [4.78, 5) is 5.12. The van der Waals surface area contributed by atoms with Crippen LogP contribution in [0.15, 0.2) is 156 Å². The van der Waals surface area contributed by atoms with Gasteiger partial charge in [-0.1, -0.05) is 135 Å². The molecule has 2 nitrogen and oxygen atoms in total. The molecule has 0 amide bonds. The van der Waals surface area contributed by atoms with Crippen LogP contribution < -0.4 is 0 Å². The Hall–Kier alpha value is -5.73. The number of fused-ring (bicyclic) bond motifs is 7. The molecule has 0 N–H and O–H groups in total. The third-order valence-corrected chi connectivity index (χ3v) is 9.67. The highest BCUT2D eigenvalue weighted by atomic mass is 16.3. The normalized spacial score (nSPS) is 13.2. The summed E-state index contributed by atoms with van der Waals surface area (Å²) in [6, 6.07) is 53.9. The summed E-state index contributed by atoms with van der Waals surface area (Å²) in [5, 5.41) is 2.42. The molecule has 0 saturated heterocycles. The summed E-state index contributed by atoms with van der Waals surface area (Å²) in [5.41, 5.74) is 16.0.